The van der Waals surface area contributed by atoms with Crippen molar-refractivity contribution in [3.05, 3.63) is 206 Å². The van der Waals surface area contributed by atoms with Gasteiger partial charge in [-0.15, -0.1) is 0 Å². The number of nitrogens with zero attached hydrogens (tertiary/aromatic N) is 4. The summed E-state index contributed by atoms with van der Waals surface area (Å²) >= 11 is 0. The Bertz CT molecular complexity index is 2880. The van der Waals surface area contributed by atoms with E-state index in [1.54, 1.807) is 0 Å². The normalized spacial score (nSPS) is 11.3. The van der Waals surface area contributed by atoms with Gasteiger partial charge in [-0.1, -0.05) is 170 Å². The number of aromatic nitrogens is 4. The van der Waals surface area contributed by atoms with Gasteiger partial charge in [-0.2, -0.15) is 0 Å². The second kappa shape index (κ2) is 13.8. The first kappa shape index (κ1) is 32.2. The molecule has 0 aliphatic rings. The number of fused-ring (bicyclic) bond motifs is 3. The van der Waals surface area contributed by atoms with E-state index in [-0.39, 0.29) is 0 Å². The predicted molar refractivity (Wildman–Crippen MR) is 227 cm³/mol. The molecule has 2 heterocycles. The van der Waals surface area contributed by atoms with Crippen molar-refractivity contribution in [3.63, 3.8) is 0 Å². The fraction of sp³-hybridized carbons (Fsp3) is 0. The van der Waals surface area contributed by atoms with Crippen LogP contribution in [0.15, 0.2) is 206 Å². The molecule has 10 aromatic rings. The van der Waals surface area contributed by atoms with Gasteiger partial charge >= 0.3 is 0 Å². The lowest BCUT2D eigenvalue weighted by Gasteiger charge is -2.20. The monoisotopic (exact) mass is 702 g/mol. The third-order valence-corrected chi connectivity index (χ3v) is 10.3. The lowest BCUT2D eigenvalue weighted by Crippen LogP contribution is -2.02. The average Bonchev–Trinajstić information content (AvgIpc) is 3.61. The molecule has 0 atom stereocenters. The van der Waals surface area contributed by atoms with Gasteiger partial charge in [0.25, 0.3) is 0 Å². The molecule has 0 saturated heterocycles. The summed E-state index contributed by atoms with van der Waals surface area (Å²) in [5.41, 5.74) is 13.0. The summed E-state index contributed by atoms with van der Waals surface area (Å²) < 4.78 is 2.36. The van der Waals surface area contributed by atoms with Gasteiger partial charge in [0.1, 0.15) is 0 Å². The highest BCUT2D eigenvalue weighted by Crippen LogP contribution is 2.46. The molecular formula is C51H34N4. The predicted octanol–water partition coefficient (Wildman–Crippen LogP) is 13.0. The van der Waals surface area contributed by atoms with Crippen LogP contribution in [0.3, 0.4) is 0 Å². The van der Waals surface area contributed by atoms with Gasteiger partial charge in [0, 0.05) is 38.7 Å². The molecule has 0 amide bonds. The highest BCUT2D eigenvalue weighted by molar-refractivity contribution is 6.11. The van der Waals surface area contributed by atoms with E-state index in [4.69, 9.17) is 15.0 Å². The maximum atomic E-state index is 5.20. The summed E-state index contributed by atoms with van der Waals surface area (Å²) in [6.07, 6.45) is 0. The largest absolute Gasteiger partial charge is 0.309 e. The molecule has 0 aliphatic heterocycles. The molecule has 0 bridgehead atoms. The molecular weight excluding hydrogens is 669 g/mol. The molecule has 0 unspecified atom stereocenters. The van der Waals surface area contributed by atoms with Crippen LogP contribution in [-0.4, -0.2) is 19.5 Å². The van der Waals surface area contributed by atoms with Crippen LogP contribution in [0.5, 0.6) is 0 Å². The van der Waals surface area contributed by atoms with Gasteiger partial charge in [0.15, 0.2) is 17.5 Å². The maximum Gasteiger partial charge on any atom is 0.164 e. The zero-order valence-corrected chi connectivity index (χ0v) is 29.9. The van der Waals surface area contributed by atoms with Gasteiger partial charge in [-0.25, -0.2) is 15.0 Å². The highest BCUT2D eigenvalue weighted by Gasteiger charge is 2.23. The van der Waals surface area contributed by atoms with Crippen molar-refractivity contribution >= 4 is 21.8 Å². The SMILES string of the molecule is c1ccc(-c2nc(-c3ccccc3)nc(-c3ccc(-c4ccc5c(c4)c4ccccc4n5-c4ccccc4)c(-c4ccccc4)c3-c3ccccc3)n2)cc1. The first-order valence-corrected chi connectivity index (χ1v) is 18.5. The molecule has 2 aromatic heterocycles. The zero-order valence-electron chi connectivity index (χ0n) is 29.9. The molecule has 0 spiro atoms. The molecule has 4 nitrogen and oxygen atoms in total. The molecule has 4 heteroatoms. The molecule has 0 N–H and O–H groups in total. The van der Waals surface area contributed by atoms with Crippen LogP contribution in [0.1, 0.15) is 0 Å². The molecule has 0 radical (unpaired) electrons. The van der Waals surface area contributed by atoms with E-state index in [0.29, 0.717) is 17.5 Å². The topological polar surface area (TPSA) is 43.6 Å². The fourth-order valence-electron chi connectivity index (χ4n) is 7.76. The smallest absolute Gasteiger partial charge is 0.164 e. The zero-order chi connectivity index (χ0) is 36.6. The Hall–Kier alpha value is -7.43. The molecule has 8 aromatic carbocycles. The van der Waals surface area contributed by atoms with Crippen molar-refractivity contribution in [3.8, 4) is 73.2 Å². The minimum atomic E-state index is 0.622. The van der Waals surface area contributed by atoms with Crippen molar-refractivity contribution in [2.75, 3.05) is 0 Å². The average molecular weight is 703 g/mol. The van der Waals surface area contributed by atoms with Gasteiger partial charge < -0.3 is 4.57 Å². The molecule has 0 aliphatic carbocycles. The van der Waals surface area contributed by atoms with E-state index in [2.05, 4.69) is 174 Å². The number of rotatable bonds is 7. The Labute approximate surface area is 319 Å². The lowest BCUT2D eigenvalue weighted by molar-refractivity contribution is 1.07. The maximum absolute atomic E-state index is 5.20. The Kier molecular flexibility index (Phi) is 8.12. The minimum Gasteiger partial charge on any atom is -0.309 e. The third kappa shape index (κ3) is 5.87. The second-order valence-electron chi connectivity index (χ2n) is 13.6. The summed E-state index contributed by atoms with van der Waals surface area (Å²) in [5.74, 6) is 1.89. The molecule has 10 rings (SSSR count). The first-order chi connectivity index (χ1) is 27.3. The molecule has 0 saturated carbocycles. The summed E-state index contributed by atoms with van der Waals surface area (Å²) in [6, 6.07) is 72.3. The van der Waals surface area contributed by atoms with Gasteiger partial charge in [0.2, 0.25) is 0 Å². The Morgan fingerprint density at radius 2 is 0.727 bits per heavy atom. The van der Waals surface area contributed by atoms with Crippen molar-refractivity contribution in [1.82, 2.24) is 19.5 Å². The molecule has 258 valence electrons. The summed E-state index contributed by atoms with van der Waals surface area (Å²) in [4.78, 5) is 15.4. The summed E-state index contributed by atoms with van der Waals surface area (Å²) in [5, 5.41) is 2.43. The number of hydrogen-bond donors (Lipinski definition) is 0. The van der Waals surface area contributed by atoms with Crippen molar-refractivity contribution in [2.24, 2.45) is 0 Å². The van der Waals surface area contributed by atoms with Gasteiger partial charge in [-0.05, 0) is 64.2 Å². The number of hydrogen-bond acceptors (Lipinski definition) is 3. The van der Waals surface area contributed by atoms with E-state index < -0.39 is 0 Å². The van der Waals surface area contributed by atoms with Crippen LogP contribution in [-0.2, 0) is 0 Å². The quantitative estimate of drug-likeness (QED) is 0.166. The lowest BCUT2D eigenvalue weighted by atomic mass is 9.84. The Morgan fingerprint density at radius 3 is 1.31 bits per heavy atom. The van der Waals surface area contributed by atoms with Crippen LogP contribution >= 0.6 is 0 Å². The second-order valence-corrected chi connectivity index (χ2v) is 13.6. The fourth-order valence-corrected chi connectivity index (χ4v) is 7.76. The standard InChI is InChI=1S/C51H34N4/c1-6-18-35(19-7-1)47-41(39-30-33-46-44(34-39)42-28-16-17-29-45(42)55(46)40-26-14-5-15-27-40)31-32-43(48(47)36-20-8-2-9-21-36)51-53-49(37-22-10-3-11-23-37)52-50(54-51)38-24-12-4-13-25-38/h1-34H. The van der Waals surface area contributed by atoms with Crippen LogP contribution < -0.4 is 0 Å². The molecule has 0 fully saturated rings. The Morgan fingerprint density at radius 1 is 0.291 bits per heavy atom. The van der Waals surface area contributed by atoms with E-state index in [1.165, 1.54) is 21.8 Å². The first-order valence-electron chi connectivity index (χ1n) is 18.5. The van der Waals surface area contributed by atoms with Crippen LogP contribution in [0.25, 0.3) is 95.0 Å². The van der Waals surface area contributed by atoms with Crippen LogP contribution in [0.2, 0.25) is 0 Å². The van der Waals surface area contributed by atoms with Crippen molar-refractivity contribution in [2.45, 2.75) is 0 Å². The van der Waals surface area contributed by atoms with E-state index in [9.17, 15) is 0 Å². The van der Waals surface area contributed by atoms with Crippen LogP contribution in [0, 0.1) is 0 Å². The van der Waals surface area contributed by atoms with E-state index in [0.717, 1.165) is 55.8 Å². The van der Waals surface area contributed by atoms with E-state index in [1.807, 2.05) is 36.4 Å². The molecule has 55 heavy (non-hydrogen) atoms. The van der Waals surface area contributed by atoms with Gasteiger partial charge in [-0.3, -0.25) is 0 Å². The van der Waals surface area contributed by atoms with Crippen molar-refractivity contribution < 1.29 is 0 Å². The number of para-hydroxylation sites is 2. The van der Waals surface area contributed by atoms with Gasteiger partial charge in [0.05, 0.1) is 11.0 Å². The minimum absolute atomic E-state index is 0.622. The summed E-state index contributed by atoms with van der Waals surface area (Å²) in [6.45, 7) is 0. The summed E-state index contributed by atoms with van der Waals surface area (Å²) in [7, 11) is 0. The van der Waals surface area contributed by atoms with Crippen molar-refractivity contribution in [1.29, 1.82) is 0 Å². The number of benzene rings is 8. The third-order valence-electron chi connectivity index (χ3n) is 10.3. The van der Waals surface area contributed by atoms with E-state index >= 15 is 0 Å². The van der Waals surface area contributed by atoms with Crippen LogP contribution in [0.4, 0.5) is 0 Å². The highest BCUT2D eigenvalue weighted by atomic mass is 15.0. The Balaban J connectivity index is 1.26.